The summed E-state index contributed by atoms with van der Waals surface area (Å²) in [6, 6.07) is 36.4. The third-order valence-corrected chi connectivity index (χ3v) is 5.74. The largest absolute Gasteiger partial charge is 3.00 e. The van der Waals surface area contributed by atoms with E-state index in [4.69, 9.17) is 0 Å². The second kappa shape index (κ2) is 17.2. The molecule has 0 bridgehead atoms. The minimum atomic E-state index is -10.7. The second-order valence-electron chi connectivity index (χ2n) is 9.80. The van der Waals surface area contributed by atoms with Crippen molar-refractivity contribution in [2.24, 2.45) is 0 Å². The van der Waals surface area contributed by atoms with Crippen molar-refractivity contribution >= 4 is 7.81 Å². The predicted octanol–water partition coefficient (Wildman–Crippen LogP) is 12.7. The number of rotatable bonds is 3. The van der Waals surface area contributed by atoms with Crippen LogP contribution >= 0.6 is 7.81 Å². The van der Waals surface area contributed by atoms with Crippen LogP contribution < -0.4 is 0 Å². The monoisotopic (exact) mass is 938 g/mol. The molecule has 0 saturated heterocycles. The van der Waals surface area contributed by atoms with Crippen molar-refractivity contribution in [2.75, 3.05) is 0 Å². The van der Waals surface area contributed by atoms with Gasteiger partial charge in [-0.1, -0.05) is 24.3 Å². The third-order valence-electron chi connectivity index (χ3n) is 5.74. The van der Waals surface area contributed by atoms with E-state index >= 15 is 0 Å². The molecule has 0 N–H and O–H groups in total. The van der Waals surface area contributed by atoms with Gasteiger partial charge in [-0.25, -0.2) is 0 Å². The quantitative estimate of drug-likeness (QED) is 0.101. The van der Waals surface area contributed by atoms with E-state index in [0.29, 0.717) is 12.1 Å². The zero-order valence-electron chi connectivity index (χ0n) is 25.8. The SMILES string of the molecule is FC(F)(F)c1ccnc(-c2cc(C(F)(F)F)ccn2)c1.F[P-](F)(F)(F)(F)F.[Ir+3].[c-]1ccccc1-c1ccccn1.[c-]1ccccc1-c1ccccn1. The van der Waals surface area contributed by atoms with Crippen LogP contribution in [0, 0.1) is 12.1 Å². The molecule has 0 amide bonds. The molecule has 0 saturated carbocycles. The zero-order valence-corrected chi connectivity index (χ0v) is 29.1. The maximum Gasteiger partial charge on any atom is 3.00 e. The first-order valence-electron chi connectivity index (χ1n) is 14.0. The molecule has 4 nitrogen and oxygen atoms in total. The molecule has 6 rings (SSSR count). The van der Waals surface area contributed by atoms with E-state index in [1.54, 1.807) is 12.4 Å². The van der Waals surface area contributed by atoms with Gasteiger partial charge in [0.1, 0.15) is 0 Å². The molecular weight excluding hydrogens is 916 g/mol. The molecule has 276 valence electrons. The Balaban J connectivity index is 0.000000254. The molecule has 18 heteroatoms. The van der Waals surface area contributed by atoms with Gasteiger partial charge in [0.05, 0.1) is 22.5 Å². The second-order valence-corrected chi connectivity index (χ2v) is 11.7. The number of pyridine rings is 4. The first-order valence-corrected chi connectivity index (χ1v) is 16.0. The summed E-state index contributed by atoms with van der Waals surface area (Å²) in [5.41, 5.74) is 1.48. The van der Waals surface area contributed by atoms with E-state index in [1.165, 1.54) is 0 Å². The van der Waals surface area contributed by atoms with Gasteiger partial charge in [0.25, 0.3) is 0 Å². The summed E-state index contributed by atoms with van der Waals surface area (Å²) in [7, 11) is -10.7. The summed E-state index contributed by atoms with van der Waals surface area (Å²) in [6.07, 6.45) is -3.87. The Labute approximate surface area is 302 Å². The standard InChI is InChI=1S/C12H6F6N2.2C11H8N.F6P.Ir/c13-11(14,15)7-1-3-19-9(5-7)10-6-8(2-4-20-10)12(16,17)18;2*1-2-6-10(7-3-1)11-8-4-5-9-12-11;1-7(2,3,4,5)6;/h1-6H;2*1-6,8-9H;;/q;3*-1;+3. The minimum absolute atomic E-state index is 0. The summed E-state index contributed by atoms with van der Waals surface area (Å²) >= 11 is 0. The predicted molar refractivity (Wildman–Crippen MR) is 168 cm³/mol. The van der Waals surface area contributed by atoms with E-state index in [1.807, 2.05) is 84.9 Å². The third kappa shape index (κ3) is 17.5. The Kier molecular flexibility index (Phi) is 14.4. The van der Waals surface area contributed by atoms with Crippen molar-refractivity contribution in [1.29, 1.82) is 0 Å². The van der Waals surface area contributed by atoms with E-state index in [9.17, 15) is 51.5 Å². The maximum atomic E-state index is 12.5. The average molecular weight is 938 g/mol. The summed E-state index contributed by atoms with van der Waals surface area (Å²) in [5, 5.41) is 0. The van der Waals surface area contributed by atoms with Crippen molar-refractivity contribution in [3.8, 4) is 33.9 Å². The number of nitrogens with zero attached hydrogens (tertiary/aromatic N) is 4. The molecule has 0 spiro atoms. The Morgan fingerprint density at radius 3 is 1.02 bits per heavy atom. The first-order chi connectivity index (χ1) is 23.6. The van der Waals surface area contributed by atoms with Crippen molar-refractivity contribution in [1.82, 2.24) is 19.9 Å². The van der Waals surface area contributed by atoms with Gasteiger partial charge in [0, 0.05) is 24.8 Å². The molecule has 0 aliphatic heterocycles. The molecule has 2 aromatic carbocycles. The van der Waals surface area contributed by atoms with Crippen LogP contribution in [-0.4, -0.2) is 19.9 Å². The molecule has 0 unspecified atom stereocenters. The summed E-state index contributed by atoms with van der Waals surface area (Å²) in [4.78, 5) is 15.7. The van der Waals surface area contributed by atoms with Gasteiger partial charge >= 0.3 is 65.4 Å². The fraction of sp³-hybridized carbons (Fsp3) is 0.0588. The van der Waals surface area contributed by atoms with Crippen molar-refractivity contribution in [3.63, 3.8) is 0 Å². The molecule has 6 aromatic rings. The van der Waals surface area contributed by atoms with Crippen LogP contribution in [0.25, 0.3) is 33.9 Å². The van der Waals surface area contributed by atoms with Gasteiger partial charge in [-0.15, -0.1) is 71.8 Å². The van der Waals surface area contributed by atoms with Crippen molar-refractivity contribution in [2.45, 2.75) is 12.4 Å². The number of halogens is 12. The Morgan fingerprint density at radius 2 is 0.750 bits per heavy atom. The topological polar surface area (TPSA) is 51.6 Å². The van der Waals surface area contributed by atoms with E-state index < -0.39 is 31.3 Å². The molecule has 0 radical (unpaired) electrons. The van der Waals surface area contributed by atoms with Crippen molar-refractivity contribution < 1.29 is 71.6 Å². The van der Waals surface area contributed by atoms with Crippen LogP contribution in [0.3, 0.4) is 0 Å². The summed E-state index contributed by atoms with van der Waals surface area (Å²) in [6.45, 7) is 0. The first kappa shape index (κ1) is 43.4. The van der Waals surface area contributed by atoms with Crippen molar-refractivity contribution in [3.05, 3.63) is 157 Å². The summed E-state index contributed by atoms with van der Waals surface area (Å²) < 4.78 is 134. The molecule has 4 heterocycles. The smallest absolute Gasteiger partial charge is 0.305 e. The van der Waals surface area contributed by atoms with Crippen LogP contribution in [0.4, 0.5) is 51.5 Å². The van der Waals surface area contributed by atoms with Gasteiger partial charge in [-0.3, -0.25) is 9.97 Å². The van der Waals surface area contributed by atoms with Crippen LogP contribution in [0.15, 0.2) is 134 Å². The van der Waals surface area contributed by atoms with Crippen LogP contribution in [0.5, 0.6) is 0 Å². The molecule has 0 fully saturated rings. The Bertz CT molecular complexity index is 1730. The molecule has 52 heavy (non-hydrogen) atoms. The van der Waals surface area contributed by atoms with Gasteiger partial charge in [-0.05, 0) is 47.8 Å². The van der Waals surface area contributed by atoms with E-state index in [-0.39, 0.29) is 31.5 Å². The van der Waals surface area contributed by atoms with Gasteiger partial charge < -0.3 is 9.97 Å². The average Bonchev–Trinajstić information content (AvgIpc) is 3.08. The van der Waals surface area contributed by atoms with Crippen LogP contribution in [0.1, 0.15) is 11.1 Å². The van der Waals surface area contributed by atoms with Gasteiger partial charge in [0.2, 0.25) is 0 Å². The number of aromatic nitrogens is 4. The number of hydrogen-bond donors (Lipinski definition) is 0. The maximum absolute atomic E-state index is 12.5. The molecule has 0 aliphatic carbocycles. The minimum Gasteiger partial charge on any atom is -0.305 e. The molecule has 0 atom stereocenters. The Hall–Kier alpha value is -4.72. The number of alkyl halides is 6. The zero-order chi connectivity index (χ0) is 37.8. The molecular formula is C34H22F12IrN4P. The molecule has 4 aromatic heterocycles. The van der Waals surface area contributed by atoms with E-state index in [2.05, 4.69) is 32.1 Å². The fourth-order valence-electron chi connectivity index (χ4n) is 3.64. The summed E-state index contributed by atoms with van der Waals surface area (Å²) in [5.74, 6) is 0. The van der Waals surface area contributed by atoms with Gasteiger partial charge in [0.15, 0.2) is 0 Å². The van der Waals surface area contributed by atoms with Crippen LogP contribution in [0.2, 0.25) is 0 Å². The van der Waals surface area contributed by atoms with Crippen LogP contribution in [-0.2, 0) is 32.5 Å². The Morgan fingerprint density at radius 1 is 0.423 bits per heavy atom. The van der Waals surface area contributed by atoms with E-state index in [0.717, 1.165) is 47.0 Å². The number of benzene rings is 2. The fourth-order valence-corrected chi connectivity index (χ4v) is 3.64. The normalized spacial score (nSPS) is 12.4. The van der Waals surface area contributed by atoms with Gasteiger partial charge in [-0.2, -0.15) is 26.3 Å². The number of hydrogen-bond acceptors (Lipinski definition) is 4. The molecule has 0 aliphatic rings.